The Bertz CT molecular complexity index is 1710. The number of ether oxygens (including phenoxy) is 1. The number of phenolic OH excluding ortho intramolecular Hbond substituents is 1. The van der Waals surface area contributed by atoms with Crippen LogP contribution in [0, 0.1) is 22.7 Å². The van der Waals surface area contributed by atoms with E-state index in [4.69, 9.17) is 4.74 Å². The number of ketones is 3. The topological polar surface area (TPSA) is 158 Å². The number of allylic oxidation sites excluding steroid dienone is 1. The third kappa shape index (κ3) is 4.54. The molecule has 0 bridgehead atoms. The van der Waals surface area contributed by atoms with Crippen LogP contribution in [0.5, 0.6) is 11.5 Å². The molecule has 0 amide bonds. The average molecular weight is 617 g/mol. The van der Waals surface area contributed by atoms with Gasteiger partial charge in [0.1, 0.15) is 28.6 Å². The van der Waals surface area contributed by atoms with Gasteiger partial charge >= 0.3 is 5.97 Å². The minimum atomic E-state index is -2.69. The van der Waals surface area contributed by atoms with Crippen molar-refractivity contribution in [3.8, 4) is 11.5 Å². The Kier molecular flexibility index (Phi) is 7.64. The molecule has 0 aromatic heterocycles. The summed E-state index contributed by atoms with van der Waals surface area (Å²) in [6.45, 7) is 11.8. The largest absolute Gasteiger partial charge is 0.508 e. The maximum absolute atomic E-state index is 14.6. The minimum Gasteiger partial charge on any atom is -0.508 e. The number of esters is 1. The molecule has 1 fully saturated rings. The second-order valence-electron chi connectivity index (χ2n) is 13.9. The lowest BCUT2D eigenvalue weighted by molar-refractivity contribution is -0.178. The Morgan fingerprint density at radius 2 is 1.64 bits per heavy atom. The Morgan fingerprint density at radius 3 is 2.20 bits per heavy atom. The third-order valence-corrected chi connectivity index (χ3v) is 10.0. The summed E-state index contributed by atoms with van der Waals surface area (Å²) in [5, 5.41) is 47.0. The van der Waals surface area contributed by atoms with Gasteiger partial charge in [0, 0.05) is 27.9 Å². The Balaban J connectivity index is 1.72. The van der Waals surface area contributed by atoms with E-state index < -0.39 is 74.4 Å². The molecule has 9 nitrogen and oxygen atoms in total. The first-order valence-electron chi connectivity index (χ1n) is 15.2. The molecule has 3 aliphatic rings. The molecule has 0 heterocycles. The number of hydrogen-bond donors (Lipinski definition) is 4. The molecule has 0 radical (unpaired) electrons. The number of rotatable bonds is 6. The summed E-state index contributed by atoms with van der Waals surface area (Å²) in [5.74, 6) is -6.24. The lowest BCUT2D eigenvalue weighted by Gasteiger charge is -2.59. The van der Waals surface area contributed by atoms with E-state index in [2.05, 4.69) is 0 Å². The van der Waals surface area contributed by atoms with Crippen LogP contribution >= 0.6 is 0 Å². The van der Waals surface area contributed by atoms with E-state index in [1.54, 1.807) is 64.1 Å². The SMILES string of the molecule is CC(=O)C1=C(O)[C@]2(O)C(=O)C3=C(O)c4c(O)c(CC(=O)Oc5ccccc5)cc(C(C)C)c4C[C@]3(C)C[C@]2(C)C(C(C)C)C1=O. The van der Waals surface area contributed by atoms with Crippen LogP contribution in [0.4, 0.5) is 0 Å². The lowest BCUT2D eigenvalue weighted by atomic mass is 9.43. The van der Waals surface area contributed by atoms with Gasteiger partial charge in [0.05, 0.1) is 12.0 Å². The number of aromatic hydroxyl groups is 1. The zero-order valence-corrected chi connectivity index (χ0v) is 26.6. The van der Waals surface area contributed by atoms with E-state index in [9.17, 15) is 39.6 Å². The summed E-state index contributed by atoms with van der Waals surface area (Å²) in [6, 6.07) is 10.2. The molecule has 0 saturated heterocycles. The van der Waals surface area contributed by atoms with Gasteiger partial charge in [0.2, 0.25) is 5.78 Å². The predicted octanol–water partition coefficient (Wildman–Crippen LogP) is 5.46. The van der Waals surface area contributed by atoms with Gasteiger partial charge in [-0.25, -0.2) is 0 Å². The summed E-state index contributed by atoms with van der Waals surface area (Å²) in [7, 11) is 0. The van der Waals surface area contributed by atoms with Crippen LogP contribution in [-0.2, 0) is 32.0 Å². The summed E-state index contributed by atoms with van der Waals surface area (Å²) in [4.78, 5) is 53.7. The molecule has 3 aliphatic carbocycles. The number of Topliss-reactive ketones (excluding diaryl/α,β-unsaturated/α-hetero) is 3. The molecule has 4 atom stereocenters. The fourth-order valence-corrected chi connectivity index (χ4v) is 8.33. The molecule has 2 aromatic carbocycles. The highest BCUT2D eigenvalue weighted by Crippen LogP contribution is 2.65. The fourth-order valence-electron chi connectivity index (χ4n) is 8.33. The summed E-state index contributed by atoms with van der Waals surface area (Å²) in [6.07, 6.45) is -0.153. The standard InChI is InChI=1S/C36H40O9/c1-17(2)22-13-20(14-24(38)45-21-11-9-8-10-12-21)29(39)26-23(22)15-34(6)16-35(7)27(18(3)4)30(40)25(19(5)37)32(42)36(35,44)33(43)28(34)31(26)41/h8-13,17-18,27,39,41-42,44H,14-16H2,1-7H3/t27?,34-,35-,36+/m1/s1. The number of hydrogen-bond acceptors (Lipinski definition) is 9. The Hall–Kier alpha value is -4.24. The van der Waals surface area contributed by atoms with E-state index >= 15 is 0 Å². The maximum Gasteiger partial charge on any atom is 0.315 e. The molecule has 1 saturated carbocycles. The van der Waals surface area contributed by atoms with Crippen molar-refractivity contribution in [1.82, 2.24) is 0 Å². The fraction of sp³-hybridized carbons (Fsp3) is 0.444. The number of benzene rings is 2. The second-order valence-corrected chi connectivity index (χ2v) is 13.9. The molecular weight excluding hydrogens is 576 g/mol. The van der Waals surface area contributed by atoms with Gasteiger partial charge in [-0.1, -0.05) is 65.8 Å². The summed E-state index contributed by atoms with van der Waals surface area (Å²) < 4.78 is 5.43. The average Bonchev–Trinajstić information content (AvgIpc) is 2.92. The van der Waals surface area contributed by atoms with Gasteiger partial charge in [-0.15, -0.1) is 0 Å². The van der Waals surface area contributed by atoms with Crippen LogP contribution in [0.1, 0.15) is 83.1 Å². The highest BCUT2D eigenvalue weighted by molar-refractivity contribution is 6.24. The van der Waals surface area contributed by atoms with Crippen molar-refractivity contribution in [2.24, 2.45) is 22.7 Å². The van der Waals surface area contributed by atoms with Crippen molar-refractivity contribution >= 4 is 29.1 Å². The highest BCUT2D eigenvalue weighted by atomic mass is 16.5. The smallest absolute Gasteiger partial charge is 0.315 e. The van der Waals surface area contributed by atoms with Gasteiger partial charge in [0.15, 0.2) is 17.2 Å². The molecule has 2 aromatic rings. The minimum absolute atomic E-state index is 0.00829. The monoisotopic (exact) mass is 616 g/mol. The van der Waals surface area contributed by atoms with Gasteiger partial charge in [-0.2, -0.15) is 0 Å². The number of aliphatic hydroxyl groups is 3. The van der Waals surface area contributed by atoms with Crippen LogP contribution < -0.4 is 4.74 Å². The van der Waals surface area contributed by atoms with Crippen molar-refractivity contribution < 1.29 is 44.3 Å². The van der Waals surface area contributed by atoms with Crippen LogP contribution in [0.2, 0.25) is 0 Å². The van der Waals surface area contributed by atoms with E-state index in [0.29, 0.717) is 11.3 Å². The third-order valence-electron chi connectivity index (χ3n) is 10.0. The molecule has 9 heteroatoms. The lowest BCUT2D eigenvalue weighted by Crippen LogP contribution is -2.69. The maximum atomic E-state index is 14.6. The number of carbonyl (C=O) groups excluding carboxylic acids is 4. The van der Waals surface area contributed by atoms with E-state index in [1.165, 1.54) is 0 Å². The second kappa shape index (κ2) is 10.7. The molecule has 4 N–H and O–H groups in total. The van der Waals surface area contributed by atoms with Gasteiger partial charge in [0.25, 0.3) is 0 Å². The number of phenols is 1. The zero-order chi connectivity index (χ0) is 33.4. The van der Waals surface area contributed by atoms with E-state index in [0.717, 1.165) is 12.5 Å². The molecular formula is C36H40O9. The quantitative estimate of drug-likeness (QED) is 0.188. The van der Waals surface area contributed by atoms with E-state index in [-0.39, 0.29) is 41.9 Å². The van der Waals surface area contributed by atoms with Crippen molar-refractivity contribution in [2.45, 2.75) is 79.2 Å². The summed E-state index contributed by atoms with van der Waals surface area (Å²) in [5.41, 5.74) is -4.69. The normalized spacial score (nSPS) is 27.8. The van der Waals surface area contributed by atoms with E-state index in [1.807, 2.05) is 13.8 Å². The Morgan fingerprint density at radius 1 is 1.02 bits per heavy atom. The molecule has 238 valence electrons. The van der Waals surface area contributed by atoms with Crippen LogP contribution in [0.15, 0.2) is 53.3 Å². The van der Waals surface area contributed by atoms with Gasteiger partial charge < -0.3 is 25.2 Å². The molecule has 0 spiro atoms. The predicted molar refractivity (Wildman–Crippen MR) is 166 cm³/mol. The van der Waals surface area contributed by atoms with Crippen LogP contribution in [0.3, 0.4) is 0 Å². The molecule has 5 rings (SSSR count). The van der Waals surface area contributed by atoms with Crippen molar-refractivity contribution in [2.75, 3.05) is 0 Å². The first-order chi connectivity index (χ1) is 20.9. The first-order valence-corrected chi connectivity index (χ1v) is 15.2. The van der Waals surface area contributed by atoms with Gasteiger partial charge in [-0.05, 0) is 54.9 Å². The molecule has 1 unspecified atom stereocenters. The van der Waals surface area contributed by atoms with Crippen molar-refractivity contribution in [3.05, 3.63) is 75.6 Å². The van der Waals surface area contributed by atoms with Crippen LogP contribution in [0.25, 0.3) is 5.76 Å². The first kappa shape index (κ1) is 32.2. The van der Waals surface area contributed by atoms with Crippen molar-refractivity contribution in [1.29, 1.82) is 0 Å². The van der Waals surface area contributed by atoms with Crippen LogP contribution in [-0.4, -0.2) is 49.3 Å². The number of carbonyl (C=O) groups is 4. The number of fused-ring (bicyclic) bond motifs is 3. The summed E-state index contributed by atoms with van der Waals surface area (Å²) >= 11 is 0. The molecule has 45 heavy (non-hydrogen) atoms. The highest BCUT2D eigenvalue weighted by Gasteiger charge is 2.72. The molecule has 0 aliphatic heterocycles. The number of aliphatic hydroxyl groups excluding tert-OH is 2. The van der Waals surface area contributed by atoms with Gasteiger partial charge in [-0.3, -0.25) is 19.2 Å². The van der Waals surface area contributed by atoms with Crippen molar-refractivity contribution in [3.63, 3.8) is 0 Å². The number of para-hydroxylation sites is 1. The Labute approximate surface area is 262 Å². The zero-order valence-electron chi connectivity index (χ0n) is 26.6.